The molecular formula is C30H33ClF2N6O7. The Morgan fingerprint density at radius 1 is 1.17 bits per heavy atom. The Morgan fingerprint density at radius 3 is 2.43 bits per heavy atom. The average Bonchev–Trinajstić information content (AvgIpc) is 3.41. The Hall–Kier alpha value is -4.60. The standard InChI is InChI=1S/C29H31ClF2N6O5.CH2O2/c1-37-21(19-5-6-22(43-2)24(32)23(19)31)12-34-25(37)27(40)36-17-3-4-18(20(30)11-17)28(41)38-9-7-16(8-10-38)26(39)35-15-29(42)13-33-14-29;2-1-3/h3-6,11-12,16,33,42H,7-10,13-15H2,1-2H3,(H,35,39)(H,36,40);1H,(H,2,3). The predicted molar refractivity (Wildman–Crippen MR) is 163 cm³/mol. The molecule has 3 amide bonds. The van der Waals surface area contributed by atoms with E-state index in [0.29, 0.717) is 44.7 Å². The van der Waals surface area contributed by atoms with Crippen molar-refractivity contribution in [2.45, 2.75) is 18.4 Å². The van der Waals surface area contributed by atoms with Gasteiger partial charge in [-0.25, -0.2) is 9.37 Å². The van der Waals surface area contributed by atoms with Gasteiger partial charge in [0.05, 0.1) is 29.6 Å². The van der Waals surface area contributed by atoms with E-state index in [-0.39, 0.29) is 64.2 Å². The van der Waals surface area contributed by atoms with Crippen LogP contribution in [0.3, 0.4) is 0 Å². The van der Waals surface area contributed by atoms with Crippen LogP contribution in [0.25, 0.3) is 11.3 Å². The number of β-amino-alcohol motifs (C(OH)–C–C–N with tert-alkyl or cyclic N) is 1. The minimum Gasteiger partial charge on any atom is -0.494 e. The number of anilines is 1. The molecular weight excluding hydrogens is 630 g/mol. The third-order valence-corrected chi connectivity index (χ3v) is 8.16. The number of likely N-dealkylation sites (tertiary alicyclic amines) is 1. The second-order valence-electron chi connectivity index (χ2n) is 10.8. The third kappa shape index (κ3) is 7.43. The molecule has 5 rings (SSSR count). The maximum absolute atomic E-state index is 14.6. The molecule has 0 saturated carbocycles. The zero-order valence-corrected chi connectivity index (χ0v) is 25.7. The molecule has 2 saturated heterocycles. The average molecular weight is 663 g/mol. The van der Waals surface area contributed by atoms with Crippen LogP contribution in [-0.2, 0) is 16.6 Å². The Balaban J connectivity index is 0.00000154. The zero-order valence-electron chi connectivity index (χ0n) is 25.0. The number of aliphatic hydroxyl groups is 1. The molecule has 2 aliphatic rings. The number of rotatable bonds is 8. The van der Waals surface area contributed by atoms with E-state index < -0.39 is 23.1 Å². The number of methoxy groups -OCH3 is 1. The normalized spacial score (nSPS) is 15.6. The van der Waals surface area contributed by atoms with Gasteiger partial charge >= 0.3 is 0 Å². The predicted octanol–water partition coefficient (Wildman–Crippen LogP) is 2.28. The zero-order chi connectivity index (χ0) is 33.6. The van der Waals surface area contributed by atoms with Gasteiger partial charge in [-0.3, -0.25) is 19.2 Å². The Labute approximate surface area is 267 Å². The summed E-state index contributed by atoms with van der Waals surface area (Å²) in [6.45, 7) is 1.58. The first-order chi connectivity index (χ1) is 21.9. The van der Waals surface area contributed by atoms with E-state index >= 15 is 0 Å². The van der Waals surface area contributed by atoms with Gasteiger partial charge in [0.2, 0.25) is 11.7 Å². The summed E-state index contributed by atoms with van der Waals surface area (Å²) < 4.78 is 35.0. The largest absolute Gasteiger partial charge is 0.494 e. The van der Waals surface area contributed by atoms with Gasteiger partial charge in [-0.15, -0.1) is 0 Å². The number of nitrogens with zero attached hydrogens (tertiary/aromatic N) is 3. The number of nitrogens with one attached hydrogen (secondary N) is 3. The van der Waals surface area contributed by atoms with Gasteiger partial charge in [0.1, 0.15) is 5.60 Å². The summed E-state index contributed by atoms with van der Waals surface area (Å²) in [5.41, 5.74) is -0.257. The fourth-order valence-corrected chi connectivity index (χ4v) is 5.42. The minimum absolute atomic E-state index is 0.0627. The SMILES string of the molecule is COc1ccc(-c2cnc(C(=O)Nc3ccc(C(=O)N4CCC(C(=O)NCC5(O)CNC5)CC4)c(Cl)c3)n2C)c(F)c1F.O=CO. The molecule has 2 aromatic carbocycles. The van der Waals surface area contributed by atoms with Crippen molar-refractivity contribution in [3.8, 4) is 17.0 Å². The number of imidazole rings is 1. The smallest absolute Gasteiger partial charge is 0.291 e. The molecule has 2 fully saturated rings. The van der Waals surface area contributed by atoms with Crippen LogP contribution in [0.5, 0.6) is 5.75 Å². The monoisotopic (exact) mass is 662 g/mol. The number of halogens is 3. The van der Waals surface area contributed by atoms with E-state index in [4.69, 9.17) is 26.2 Å². The topological polar surface area (TPSA) is 175 Å². The quantitative estimate of drug-likeness (QED) is 0.227. The molecule has 0 aliphatic carbocycles. The van der Waals surface area contributed by atoms with E-state index in [0.717, 1.165) is 0 Å². The number of benzene rings is 2. The molecule has 3 heterocycles. The lowest BCUT2D eigenvalue weighted by Gasteiger charge is -2.38. The lowest BCUT2D eigenvalue weighted by molar-refractivity contribution is -0.128. The molecule has 0 spiro atoms. The first-order valence-corrected chi connectivity index (χ1v) is 14.5. The summed E-state index contributed by atoms with van der Waals surface area (Å²) >= 11 is 6.43. The van der Waals surface area contributed by atoms with Crippen molar-refractivity contribution in [2.75, 3.05) is 45.2 Å². The molecule has 0 unspecified atom stereocenters. The van der Waals surface area contributed by atoms with Gasteiger partial charge in [-0.1, -0.05) is 11.6 Å². The summed E-state index contributed by atoms with van der Waals surface area (Å²) in [5.74, 6) is -3.89. The molecule has 0 radical (unpaired) electrons. The Morgan fingerprint density at radius 2 is 1.85 bits per heavy atom. The molecule has 0 bridgehead atoms. The maximum atomic E-state index is 14.6. The number of hydrogen-bond acceptors (Lipinski definition) is 8. The van der Waals surface area contributed by atoms with E-state index in [1.807, 2.05) is 0 Å². The first kappa shape index (κ1) is 34.3. The molecule has 16 heteroatoms. The van der Waals surface area contributed by atoms with Crippen LogP contribution in [0.2, 0.25) is 5.02 Å². The van der Waals surface area contributed by atoms with Crippen LogP contribution in [0, 0.1) is 17.6 Å². The van der Waals surface area contributed by atoms with E-state index in [9.17, 15) is 28.3 Å². The highest BCUT2D eigenvalue weighted by Crippen LogP contribution is 2.30. The highest BCUT2D eigenvalue weighted by molar-refractivity contribution is 6.34. The molecule has 1 aromatic heterocycles. The fourth-order valence-electron chi connectivity index (χ4n) is 5.16. The number of aromatic nitrogens is 2. The lowest BCUT2D eigenvalue weighted by atomic mass is 9.93. The number of carboxylic acid groups (broad SMARTS) is 1. The molecule has 2 aliphatic heterocycles. The number of carbonyl (C=O) groups excluding carboxylic acids is 3. The van der Waals surface area contributed by atoms with Crippen LogP contribution < -0.4 is 20.7 Å². The molecule has 246 valence electrons. The van der Waals surface area contributed by atoms with Gasteiger partial charge in [0.25, 0.3) is 18.3 Å². The second kappa shape index (κ2) is 14.7. The van der Waals surface area contributed by atoms with Crippen molar-refractivity contribution < 1.29 is 42.9 Å². The maximum Gasteiger partial charge on any atom is 0.291 e. The Kier molecular flexibility index (Phi) is 10.9. The highest BCUT2D eigenvalue weighted by atomic mass is 35.5. The van der Waals surface area contributed by atoms with Crippen molar-refractivity contribution in [3.05, 3.63) is 64.6 Å². The van der Waals surface area contributed by atoms with E-state index in [1.54, 1.807) is 4.90 Å². The van der Waals surface area contributed by atoms with Crippen molar-refractivity contribution >= 4 is 41.5 Å². The summed E-state index contributed by atoms with van der Waals surface area (Å²) in [6, 6.07) is 7.09. The van der Waals surface area contributed by atoms with E-state index in [2.05, 4.69) is 20.9 Å². The molecule has 3 aromatic rings. The first-order valence-electron chi connectivity index (χ1n) is 14.2. The van der Waals surface area contributed by atoms with Crippen molar-refractivity contribution in [3.63, 3.8) is 0 Å². The van der Waals surface area contributed by atoms with Crippen LogP contribution in [0.15, 0.2) is 36.5 Å². The van der Waals surface area contributed by atoms with Crippen LogP contribution in [-0.4, -0.2) is 94.3 Å². The van der Waals surface area contributed by atoms with Crippen LogP contribution >= 0.6 is 11.6 Å². The molecule has 46 heavy (non-hydrogen) atoms. The molecule has 13 nitrogen and oxygen atoms in total. The lowest BCUT2D eigenvalue weighted by Crippen LogP contribution is -2.64. The van der Waals surface area contributed by atoms with Gasteiger partial charge in [-0.05, 0) is 43.2 Å². The highest BCUT2D eigenvalue weighted by Gasteiger charge is 2.36. The van der Waals surface area contributed by atoms with Crippen molar-refractivity contribution in [1.82, 2.24) is 25.1 Å². The van der Waals surface area contributed by atoms with Crippen molar-refractivity contribution in [1.29, 1.82) is 0 Å². The summed E-state index contributed by atoms with van der Waals surface area (Å²) in [5, 5.41) is 25.6. The van der Waals surface area contributed by atoms with Gasteiger partial charge in [0, 0.05) is 56.9 Å². The minimum atomic E-state index is -1.15. The van der Waals surface area contributed by atoms with E-state index in [1.165, 1.54) is 55.3 Å². The van der Waals surface area contributed by atoms with Crippen LogP contribution in [0.4, 0.5) is 14.5 Å². The number of amides is 3. The Bertz CT molecular complexity index is 1620. The number of ether oxygens (including phenoxy) is 1. The summed E-state index contributed by atoms with van der Waals surface area (Å²) in [6.07, 6.45) is 2.23. The molecule has 5 N–H and O–H groups in total. The van der Waals surface area contributed by atoms with Gasteiger partial charge in [-0.2, -0.15) is 4.39 Å². The van der Waals surface area contributed by atoms with Crippen LogP contribution in [0.1, 0.15) is 33.8 Å². The van der Waals surface area contributed by atoms with Gasteiger partial charge < -0.3 is 40.4 Å². The van der Waals surface area contributed by atoms with Crippen molar-refractivity contribution in [2.24, 2.45) is 13.0 Å². The second-order valence-corrected chi connectivity index (χ2v) is 11.2. The number of hydrogen-bond donors (Lipinski definition) is 5. The fraction of sp³-hybridized carbons (Fsp3) is 0.367. The number of carbonyl (C=O) groups is 4. The number of piperidine rings is 1. The summed E-state index contributed by atoms with van der Waals surface area (Å²) in [7, 11) is 2.72. The van der Waals surface area contributed by atoms with Gasteiger partial charge in [0.15, 0.2) is 17.4 Å². The molecule has 0 atom stereocenters. The third-order valence-electron chi connectivity index (χ3n) is 7.84. The summed E-state index contributed by atoms with van der Waals surface area (Å²) in [4.78, 5) is 52.7.